The molecule has 1 aromatic carbocycles. The van der Waals surface area contributed by atoms with Gasteiger partial charge in [0.05, 0.1) is 13.7 Å². The highest BCUT2D eigenvalue weighted by atomic mass is 16.5. The van der Waals surface area contributed by atoms with Gasteiger partial charge in [-0.05, 0) is 11.6 Å². The molecule has 0 amide bonds. The summed E-state index contributed by atoms with van der Waals surface area (Å²) in [6, 6.07) is 9.82. The average Bonchev–Trinajstić information content (AvgIpc) is 2.88. The highest BCUT2D eigenvalue weighted by Crippen LogP contribution is 2.28. The van der Waals surface area contributed by atoms with Crippen LogP contribution in [0, 0.1) is 0 Å². The van der Waals surface area contributed by atoms with Gasteiger partial charge in [0.1, 0.15) is 11.9 Å². The summed E-state index contributed by atoms with van der Waals surface area (Å²) in [6.07, 6.45) is 2.69. The summed E-state index contributed by atoms with van der Waals surface area (Å²) in [7, 11) is 1.59. The van der Waals surface area contributed by atoms with E-state index >= 15 is 0 Å². The second-order valence-electron chi connectivity index (χ2n) is 4.36. The van der Waals surface area contributed by atoms with Gasteiger partial charge in [0, 0.05) is 18.7 Å². The fraction of sp³-hybridized carbons (Fsp3) is 0.286. The molecule has 19 heavy (non-hydrogen) atoms. The van der Waals surface area contributed by atoms with Crippen LogP contribution in [0.15, 0.2) is 36.5 Å². The number of benzene rings is 1. The highest BCUT2D eigenvalue weighted by Gasteiger charge is 2.22. The van der Waals surface area contributed by atoms with Crippen LogP contribution < -0.4 is 14.8 Å². The molecular formula is C14H15N3O2. The number of hydrogen-bond donors (Lipinski definition) is 1. The van der Waals surface area contributed by atoms with E-state index in [9.17, 15) is 0 Å². The standard InChI is InChI=1S/C14H15N3O2/c1-18-13-6-7-15-14(17-13)16-9-11-8-10-4-2-3-5-12(10)19-11/h2-7,11H,8-9H2,1H3,(H,15,16,17). The van der Waals surface area contributed by atoms with E-state index in [1.54, 1.807) is 19.4 Å². The van der Waals surface area contributed by atoms with Crippen molar-refractivity contribution in [3.8, 4) is 11.6 Å². The summed E-state index contributed by atoms with van der Waals surface area (Å²) >= 11 is 0. The molecule has 0 spiro atoms. The van der Waals surface area contributed by atoms with Crippen molar-refractivity contribution in [2.24, 2.45) is 0 Å². The summed E-state index contributed by atoms with van der Waals surface area (Å²) < 4.78 is 10.9. The van der Waals surface area contributed by atoms with Gasteiger partial charge in [0.2, 0.25) is 11.8 Å². The third kappa shape index (κ3) is 2.59. The Bertz CT molecular complexity index is 549. The van der Waals surface area contributed by atoms with Crippen molar-refractivity contribution in [3.63, 3.8) is 0 Å². The fourth-order valence-corrected chi connectivity index (χ4v) is 2.11. The Morgan fingerprint density at radius 3 is 3.11 bits per heavy atom. The molecule has 0 radical (unpaired) electrons. The molecule has 1 atom stereocenters. The van der Waals surface area contributed by atoms with E-state index in [1.807, 2.05) is 18.2 Å². The Labute approximate surface area is 111 Å². The van der Waals surface area contributed by atoms with Gasteiger partial charge < -0.3 is 14.8 Å². The molecule has 1 N–H and O–H groups in total. The van der Waals surface area contributed by atoms with Crippen LogP contribution in [0.25, 0.3) is 0 Å². The molecule has 0 saturated heterocycles. The van der Waals surface area contributed by atoms with Gasteiger partial charge in [-0.15, -0.1) is 0 Å². The van der Waals surface area contributed by atoms with Gasteiger partial charge >= 0.3 is 0 Å². The van der Waals surface area contributed by atoms with E-state index in [0.717, 1.165) is 12.2 Å². The molecule has 1 aliphatic heterocycles. The van der Waals surface area contributed by atoms with Crippen LogP contribution in [0.3, 0.4) is 0 Å². The summed E-state index contributed by atoms with van der Waals surface area (Å²) in [5.41, 5.74) is 1.25. The zero-order valence-corrected chi connectivity index (χ0v) is 10.7. The Balaban J connectivity index is 1.59. The minimum atomic E-state index is 0.118. The van der Waals surface area contributed by atoms with Gasteiger partial charge in [-0.3, -0.25) is 0 Å². The maximum Gasteiger partial charge on any atom is 0.226 e. The number of para-hydroxylation sites is 1. The van der Waals surface area contributed by atoms with E-state index in [1.165, 1.54) is 5.56 Å². The number of rotatable bonds is 4. The van der Waals surface area contributed by atoms with Crippen LogP contribution in [0.2, 0.25) is 0 Å². The van der Waals surface area contributed by atoms with Crippen LogP contribution in [0.4, 0.5) is 5.95 Å². The maximum absolute atomic E-state index is 5.84. The Kier molecular flexibility index (Phi) is 3.18. The quantitative estimate of drug-likeness (QED) is 0.906. The predicted molar refractivity (Wildman–Crippen MR) is 71.6 cm³/mol. The molecule has 0 saturated carbocycles. The van der Waals surface area contributed by atoms with Crippen LogP contribution in [-0.4, -0.2) is 29.7 Å². The topological polar surface area (TPSA) is 56.3 Å². The SMILES string of the molecule is COc1ccnc(NCC2Cc3ccccc3O2)n1. The van der Waals surface area contributed by atoms with Crippen LogP contribution in [0.5, 0.6) is 11.6 Å². The van der Waals surface area contributed by atoms with Crippen molar-refractivity contribution < 1.29 is 9.47 Å². The second kappa shape index (κ2) is 5.14. The van der Waals surface area contributed by atoms with Crippen molar-refractivity contribution in [2.75, 3.05) is 19.0 Å². The molecule has 1 unspecified atom stereocenters. The lowest BCUT2D eigenvalue weighted by Crippen LogP contribution is -2.24. The van der Waals surface area contributed by atoms with Crippen molar-refractivity contribution in [3.05, 3.63) is 42.1 Å². The molecule has 98 valence electrons. The highest BCUT2D eigenvalue weighted by molar-refractivity contribution is 5.38. The number of aromatic nitrogens is 2. The van der Waals surface area contributed by atoms with Crippen molar-refractivity contribution >= 4 is 5.95 Å². The van der Waals surface area contributed by atoms with Gasteiger partial charge in [0.25, 0.3) is 0 Å². The van der Waals surface area contributed by atoms with Gasteiger partial charge in [-0.1, -0.05) is 18.2 Å². The predicted octanol–water partition coefficient (Wildman–Crippen LogP) is 1.90. The third-order valence-electron chi connectivity index (χ3n) is 3.04. The molecule has 0 bridgehead atoms. The first-order valence-corrected chi connectivity index (χ1v) is 6.20. The smallest absolute Gasteiger partial charge is 0.226 e. The Morgan fingerprint density at radius 1 is 1.37 bits per heavy atom. The van der Waals surface area contributed by atoms with E-state index < -0.39 is 0 Å². The van der Waals surface area contributed by atoms with E-state index in [-0.39, 0.29) is 6.10 Å². The first kappa shape index (κ1) is 11.8. The minimum Gasteiger partial charge on any atom is -0.488 e. The molecule has 1 aliphatic rings. The number of methoxy groups -OCH3 is 1. The van der Waals surface area contributed by atoms with Gasteiger partial charge in [0.15, 0.2) is 0 Å². The second-order valence-corrected chi connectivity index (χ2v) is 4.36. The third-order valence-corrected chi connectivity index (χ3v) is 3.04. The molecule has 5 heteroatoms. The summed E-state index contributed by atoms with van der Waals surface area (Å²) in [5, 5.41) is 3.17. The molecule has 0 fully saturated rings. The van der Waals surface area contributed by atoms with E-state index in [4.69, 9.17) is 9.47 Å². The number of ether oxygens (including phenoxy) is 2. The first-order valence-electron chi connectivity index (χ1n) is 6.20. The van der Waals surface area contributed by atoms with Crippen molar-refractivity contribution in [2.45, 2.75) is 12.5 Å². The number of hydrogen-bond acceptors (Lipinski definition) is 5. The molecule has 3 rings (SSSR count). The molecule has 2 heterocycles. The fourth-order valence-electron chi connectivity index (χ4n) is 2.11. The van der Waals surface area contributed by atoms with Crippen molar-refractivity contribution in [1.29, 1.82) is 0 Å². The molecule has 2 aromatic rings. The average molecular weight is 257 g/mol. The molecule has 5 nitrogen and oxygen atoms in total. The van der Waals surface area contributed by atoms with Crippen LogP contribution in [-0.2, 0) is 6.42 Å². The van der Waals surface area contributed by atoms with Crippen LogP contribution in [0.1, 0.15) is 5.56 Å². The number of anilines is 1. The van der Waals surface area contributed by atoms with Gasteiger partial charge in [-0.25, -0.2) is 4.98 Å². The van der Waals surface area contributed by atoms with Gasteiger partial charge in [-0.2, -0.15) is 4.98 Å². The zero-order valence-electron chi connectivity index (χ0n) is 10.7. The van der Waals surface area contributed by atoms with E-state index in [0.29, 0.717) is 18.4 Å². The van der Waals surface area contributed by atoms with E-state index in [2.05, 4.69) is 21.4 Å². The van der Waals surface area contributed by atoms with Crippen LogP contribution >= 0.6 is 0 Å². The Morgan fingerprint density at radius 2 is 2.26 bits per heavy atom. The number of nitrogens with one attached hydrogen (secondary N) is 1. The minimum absolute atomic E-state index is 0.118. The lowest BCUT2D eigenvalue weighted by Gasteiger charge is -2.11. The Hall–Kier alpha value is -2.30. The zero-order chi connectivity index (χ0) is 13.1. The largest absolute Gasteiger partial charge is 0.488 e. The molecule has 0 aliphatic carbocycles. The number of fused-ring (bicyclic) bond motifs is 1. The normalized spacial score (nSPS) is 16.6. The lowest BCUT2D eigenvalue weighted by molar-refractivity contribution is 0.246. The molecule has 1 aromatic heterocycles. The van der Waals surface area contributed by atoms with Crippen molar-refractivity contribution in [1.82, 2.24) is 9.97 Å². The first-order chi connectivity index (χ1) is 9.35. The molecular weight excluding hydrogens is 242 g/mol. The lowest BCUT2D eigenvalue weighted by atomic mass is 10.1. The number of nitrogens with zero attached hydrogens (tertiary/aromatic N) is 2. The summed E-state index contributed by atoms with van der Waals surface area (Å²) in [6.45, 7) is 0.668. The monoisotopic (exact) mass is 257 g/mol. The summed E-state index contributed by atoms with van der Waals surface area (Å²) in [5.74, 6) is 2.08. The summed E-state index contributed by atoms with van der Waals surface area (Å²) in [4.78, 5) is 8.34. The maximum atomic E-state index is 5.84.